The third-order valence-electron chi connectivity index (χ3n) is 4.89. The van der Waals surface area contributed by atoms with E-state index in [1.807, 2.05) is 0 Å². The standard InChI is InChI=1S/C15H25NO4/c1-16(8-3-12-4-9-20-10-5-12)13(17)11-15(14(18)19)6-2-7-15/h12H,2-11H2,1H3,(H,18,19). The van der Waals surface area contributed by atoms with Crippen molar-refractivity contribution in [3.8, 4) is 0 Å². The van der Waals surface area contributed by atoms with Crippen LogP contribution in [0.25, 0.3) is 0 Å². The Balaban J connectivity index is 1.75. The number of carboxylic acid groups (broad SMARTS) is 1. The number of nitrogens with zero attached hydrogens (tertiary/aromatic N) is 1. The van der Waals surface area contributed by atoms with Gasteiger partial charge in [0.1, 0.15) is 0 Å². The molecule has 0 radical (unpaired) electrons. The molecule has 2 fully saturated rings. The molecule has 0 aromatic heterocycles. The number of carbonyl (C=O) groups is 2. The van der Waals surface area contributed by atoms with E-state index in [1.54, 1.807) is 11.9 Å². The Bertz CT molecular complexity index is 359. The van der Waals surface area contributed by atoms with Gasteiger partial charge < -0.3 is 14.7 Å². The zero-order valence-electron chi connectivity index (χ0n) is 12.3. The van der Waals surface area contributed by atoms with Crippen LogP contribution in [0.3, 0.4) is 0 Å². The maximum absolute atomic E-state index is 12.2. The summed E-state index contributed by atoms with van der Waals surface area (Å²) in [5.41, 5.74) is -0.774. The first-order valence-corrected chi connectivity index (χ1v) is 7.59. The van der Waals surface area contributed by atoms with Gasteiger partial charge in [-0.3, -0.25) is 9.59 Å². The Kier molecular flexibility index (Phi) is 5.02. The minimum atomic E-state index is -0.810. The molecule has 1 saturated heterocycles. The predicted octanol–water partition coefficient (Wildman–Crippen LogP) is 1.91. The first-order valence-electron chi connectivity index (χ1n) is 7.59. The first kappa shape index (κ1) is 15.3. The number of aliphatic carboxylic acids is 1. The molecule has 0 spiro atoms. The predicted molar refractivity (Wildman–Crippen MR) is 74.3 cm³/mol. The molecule has 2 rings (SSSR count). The second-order valence-electron chi connectivity index (χ2n) is 6.28. The molecule has 0 unspecified atom stereocenters. The van der Waals surface area contributed by atoms with Gasteiger partial charge in [0.05, 0.1) is 5.41 Å². The summed E-state index contributed by atoms with van der Waals surface area (Å²) in [4.78, 5) is 25.2. The van der Waals surface area contributed by atoms with Crippen molar-refractivity contribution in [2.45, 2.75) is 44.9 Å². The monoisotopic (exact) mass is 283 g/mol. The van der Waals surface area contributed by atoms with Gasteiger partial charge in [0, 0.05) is 33.2 Å². The lowest BCUT2D eigenvalue weighted by atomic mass is 9.66. The van der Waals surface area contributed by atoms with E-state index in [9.17, 15) is 14.7 Å². The van der Waals surface area contributed by atoms with Gasteiger partial charge >= 0.3 is 5.97 Å². The van der Waals surface area contributed by atoms with Gasteiger partial charge in [-0.25, -0.2) is 0 Å². The first-order chi connectivity index (χ1) is 9.53. The van der Waals surface area contributed by atoms with Gasteiger partial charge in [0.25, 0.3) is 0 Å². The van der Waals surface area contributed by atoms with Crippen molar-refractivity contribution in [2.24, 2.45) is 11.3 Å². The van der Waals surface area contributed by atoms with E-state index in [1.165, 1.54) is 0 Å². The van der Waals surface area contributed by atoms with Crippen LogP contribution < -0.4 is 0 Å². The molecule has 0 aromatic carbocycles. The van der Waals surface area contributed by atoms with E-state index < -0.39 is 11.4 Å². The van der Waals surface area contributed by atoms with Gasteiger partial charge in [0.15, 0.2) is 0 Å². The smallest absolute Gasteiger partial charge is 0.310 e. The fraction of sp³-hybridized carbons (Fsp3) is 0.867. The van der Waals surface area contributed by atoms with E-state index in [2.05, 4.69) is 0 Å². The summed E-state index contributed by atoms with van der Waals surface area (Å²) >= 11 is 0. The summed E-state index contributed by atoms with van der Waals surface area (Å²) < 4.78 is 5.32. The van der Waals surface area contributed by atoms with Crippen molar-refractivity contribution in [2.75, 3.05) is 26.8 Å². The highest BCUT2D eigenvalue weighted by molar-refractivity contribution is 5.85. The van der Waals surface area contributed by atoms with Gasteiger partial charge in [0.2, 0.25) is 5.91 Å². The van der Waals surface area contributed by atoms with E-state index >= 15 is 0 Å². The lowest BCUT2D eigenvalue weighted by Gasteiger charge is -2.38. The van der Waals surface area contributed by atoms with E-state index in [4.69, 9.17) is 4.74 Å². The molecular formula is C15H25NO4. The molecule has 20 heavy (non-hydrogen) atoms. The van der Waals surface area contributed by atoms with E-state index in [0.717, 1.165) is 45.4 Å². The molecule has 114 valence electrons. The van der Waals surface area contributed by atoms with Crippen LogP contribution >= 0.6 is 0 Å². The van der Waals surface area contributed by atoms with Gasteiger partial charge in [-0.15, -0.1) is 0 Å². The SMILES string of the molecule is CN(CCC1CCOCC1)C(=O)CC1(C(=O)O)CCC1. The summed E-state index contributed by atoms with van der Waals surface area (Å²) in [6.07, 6.45) is 5.50. The van der Waals surface area contributed by atoms with Crippen molar-refractivity contribution in [3.63, 3.8) is 0 Å². The molecule has 1 aliphatic carbocycles. The summed E-state index contributed by atoms with van der Waals surface area (Å²) in [5, 5.41) is 9.26. The highest BCUT2D eigenvalue weighted by Gasteiger charge is 2.46. The highest BCUT2D eigenvalue weighted by atomic mass is 16.5. The van der Waals surface area contributed by atoms with Crippen LogP contribution in [0.4, 0.5) is 0 Å². The molecule has 0 atom stereocenters. The van der Waals surface area contributed by atoms with E-state index in [-0.39, 0.29) is 12.3 Å². The molecule has 0 aromatic rings. The van der Waals surface area contributed by atoms with Crippen LogP contribution in [0.2, 0.25) is 0 Å². The maximum atomic E-state index is 12.2. The van der Waals surface area contributed by atoms with Crippen molar-refractivity contribution in [1.82, 2.24) is 4.90 Å². The van der Waals surface area contributed by atoms with Crippen molar-refractivity contribution >= 4 is 11.9 Å². The quantitative estimate of drug-likeness (QED) is 0.808. The number of amides is 1. The summed E-state index contributed by atoms with van der Waals surface area (Å²) in [6.45, 7) is 2.37. The third kappa shape index (κ3) is 3.51. The number of carbonyl (C=O) groups excluding carboxylic acids is 1. The molecule has 1 saturated carbocycles. The molecule has 1 aliphatic heterocycles. The Morgan fingerprint density at radius 2 is 1.95 bits per heavy atom. The van der Waals surface area contributed by atoms with Crippen molar-refractivity contribution in [3.05, 3.63) is 0 Å². The lowest BCUT2D eigenvalue weighted by Crippen LogP contribution is -2.43. The maximum Gasteiger partial charge on any atom is 0.310 e. The lowest BCUT2D eigenvalue weighted by molar-refractivity contribution is -0.159. The molecule has 0 bridgehead atoms. The summed E-state index contributed by atoms with van der Waals surface area (Å²) in [6, 6.07) is 0. The topological polar surface area (TPSA) is 66.8 Å². The Morgan fingerprint density at radius 1 is 1.30 bits per heavy atom. The van der Waals surface area contributed by atoms with Crippen molar-refractivity contribution < 1.29 is 19.4 Å². The Hall–Kier alpha value is -1.10. The van der Waals surface area contributed by atoms with Crippen LogP contribution in [0, 0.1) is 11.3 Å². The second-order valence-corrected chi connectivity index (χ2v) is 6.28. The molecule has 5 nitrogen and oxygen atoms in total. The zero-order valence-corrected chi connectivity index (χ0v) is 12.3. The fourth-order valence-corrected chi connectivity index (χ4v) is 3.03. The normalized spacial score (nSPS) is 22.1. The van der Waals surface area contributed by atoms with Gasteiger partial charge in [-0.2, -0.15) is 0 Å². The van der Waals surface area contributed by atoms with Crippen LogP contribution in [-0.4, -0.2) is 48.7 Å². The number of hydrogen-bond donors (Lipinski definition) is 1. The molecule has 1 heterocycles. The van der Waals surface area contributed by atoms with Crippen LogP contribution in [0.15, 0.2) is 0 Å². The van der Waals surface area contributed by atoms with Crippen molar-refractivity contribution in [1.29, 1.82) is 0 Å². The Morgan fingerprint density at radius 3 is 2.45 bits per heavy atom. The summed E-state index contributed by atoms with van der Waals surface area (Å²) in [5.74, 6) is -0.203. The van der Waals surface area contributed by atoms with Crippen LogP contribution in [-0.2, 0) is 14.3 Å². The third-order valence-corrected chi connectivity index (χ3v) is 4.89. The van der Waals surface area contributed by atoms with Crippen LogP contribution in [0.1, 0.15) is 44.9 Å². The second kappa shape index (κ2) is 6.57. The Labute approximate surface area is 120 Å². The molecule has 5 heteroatoms. The average Bonchev–Trinajstić information content (AvgIpc) is 2.40. The number of carboxylic acids is 1. The number of hydrogen-bond acceptors (Lipinski definition) is 3. The number of rotatable bonds is 6. The largest absolute Gasteiger partial charge is 0.481 e. The number of ether oxygens (including phenoxy) is 1. The van der Waals surface area contributed by atoms with Crippen LogP contribution in [0.5, 0.6) is 0 Å². The average molecular weight is 283 g/mol. The van der Waals surface area contributed by atoms with Gasteiger partial charge in [-0.1, -0.05) is 6.42 Å². The van der Waals surface area contributed by atoms with E-state index in [0.29, 0.717) is 18.8 Å². The molecule has 1 amide bonds. The van der Waals surface area contributed by atoms with Gasteiger partial charge in [-0.05, 0) is 38.0 Å². The highest BCUT2D eigenvalue weighted by Crippen LogP contribution is 2.44. The fourth-order valence-electron chi connectivity index (χ4n) is 3.03. The minimum absolute atomic E-state index is 0.0286. The molecular weight excluding hydrogens is 258 g/mol. The minimum Gasteiger partial charge on any atom is -0.481 e. The molecule has 1 N–H and O–H groups in total. The molecule has 2 aliphatic rings. The zero-order chi connectivity index (χ0) is 14.6. The summed E-state index contributed by atoms with van der Waals surface area (Å²) in [7, 11) is 1.79.